The van der Waals surface area contributed by atoms with Crippen LogP contribution < -0.4 is 51.9 Å². The van der Waals surface area contributed by atoms with Gasteiger partial charge < -0.3 is 66.7 Å². The second-order valence-corrected chi connectivity index (χ2v) is 31.0. The van der Waals surface area contributed by atoms with E-state index < -0.39 is 5.60 Å². The van der Waals surface area contributed by atoms with E-state index in [1.807, 2.05) is 92.3 Å². The number of rotatable bonds is 16. The standard InChI is InChI=1S/C30H32FN7O2.C29H30FN7O2.C26H24FN7O/c1-36(20-3-4-20)17-30(40)10-2-11-37(18-30)21-5-8-26(32-14-21)35-24-7-6-22(23-15-34-29(39)28(23)24)25-16-33-27-13-19(31)9-12-38(25)27;30-19-5-10-37-25(18-32-27(37)15-19)22-2-3-24(28-23(22)17-33-29(28)38)34-26-4-1-21(16-31-26)35-8-6-20(7-9-35)36-11-13-39-14-12-36;27-16-7-9-34-21(14-29-24(34)10-16)17-4-5-19(25-18(17)12-30-26(25)35)31-22-2-1-3-23(32-22)33-8-6-15-11-28-13-20(15)33/h5-9,12-14,16,20,40H,2-4,10-11,15,17-18H2,1H3,(H,32,35)(H,34,39);1-5,10,15-16,18,20H,6-9,11-14,17H2,(H,31,34)(H,33,38);1-5,7,9-10,14-15,20,28H,6,8,11-13H2,(H,30,35)(H,31,32). The molecular weight excluding hydrogens is 1450 g/mol. The summed E-state index contributed by atoms with van der Waals surface area (Å²) in [5, 5.41) is 33.7. The van der Waals surface area contributed by atoms with Crippen LogP contribution in [0.25, 0.3) is 50.7 Å². The first kappa shape index (κ1) is 72.2. The van der Waals surface area contributed by atoms with E-state index in [-0.39, 0.29) is 35.2 Å². The molecule has 12 aromatic rings. The van der Waals surface area contributed by atoms with Gasteiger partial charge in [0.1, 0.15) is 57.7 Å². The van der Waals surface area contributed by atoms with E-state index in [2.05, 4.69) is 106 Å². The lowest BCUT2D eigenvalue weighted by molar-refractivity contribution is -0.00345. The average Bonchev–Trinajstić information content (AvgIpc) is 1.60. The Morgan fingerprint density at radius 3 is 1.53 bits per heavy atom. The van der Waals surface area contributed by atoms with Gasteiger partial charge in [-0.3, -0.25) is 32.5 Å². The highest BCUT2D eigenvalue weighted by atomic mass is 19.1. The highest BCUT2D eigenvalue weighted by Gasteiger charge is 2.41. The number of aromatic nitrogens is 9. The minimum atomic E-state index is -0.725. The summed E-state index contributed by atoms with van der Waals surface area (Å²) < 4.78 is 52.0. The molecule has 3 atom stereocenters. The number of carbonyl (C=O) groups is 3. The molecule has 29 heteroatoms. The van der Waals surface area contributed by atoms with Crippen LogP contribution in [0.15, 0.2) is 165 Å². The highest BCUT2D eigenvalue weighted by molar-refractivity contribution is 6.08. The summed E-state index contributed by atoms with van der Waals surface area (Å²) in [5.74, 6) is 2.24. The molecule has 0 spiro atoms. The van der Waals surface area contributed by atoms with E-state index in [1.165, 1.54) is 55.7 Å². The number of nitrogens with one attached hydrogen (secondary N) is 7. The SMILES string of the molecule is CN(CC1(O)CCCN(c2ccc(Nc3ccc(-c4cnc5cc(F)ccn45)c4c3C(=O)NC4)nc2)C1)C1CC1.O=C1NCc2c(-c3cnc4cc(F)ccn34)ccc(Nc3ccc(N4CCC(N5CCOCC5)CC4)cn3)c21.O=C1NCc2c(-c3cnc4cc(F)ccn34)ccc(Nc3cccc(N4CCC5CNCC54)n3)c21. The molecule has 3 aromatic carbocycles. The number of imidazole rings is 3. The van der Waals surface area contributed by atoms with Gasteiger partial charge in [-0.15, -0.1) is 0 Å². The first-order valence-corrected chi connectivity index (χ1v) is 39.3. The van der Waals surface area contributed by atoms with Gasteiger partial charge in [0.25, 0.3) is 17.7 Å². The Balaban J connectivity index is 0.000000115. The van der Waals surface area contributed by atoms with Gasteiger partial charge in [-0.1, -0.05) is 24.3 Å². The van der Waals surface area contributed by atoms with Gasteiger partial charge in [0, 0.05) is 157 Å². The Labute approximate surface area is 654 Å². The lowest BCUT2D eigenvalue weighted by atomic mass is 9.92. The fraction of sp³-hybridized carbons (Fsp3) is 0.329. The largest absolute Gasteiger partial charge is 0.387 e. The van der Waals surface area contributed by atoms with E-state index in [4.69, 9.17) is 9.72 Å². The number of ether oxygens (including phenoxy) is 1. The molecule has 114 heavy (non-hydrogen) atoms. The van der Waals surface area contributed by atoms with Crippen molar-refractivity contribution in [3.05, 3.63) is 216 Å². The van der Waals surface area contributed by atoms with Crippen molar-refractivity contribution in [2.24, 2.45) is 5.92 Å². The number of β-amino-alcohol motifs (C(OH)–C–C–N with tert-alkyl or cyclic N) is 1. The molecule has 8 aliphatic heterocycles. The lowest BCUT2D eigenvalue weighted by Crippen LogP contribution is -2.54. The monoisotopic (exact) mass is 1540 g/mol. The number of fused-ring (bicyclic) bond motifs is 7. The van der Waals surface area contributed by atoms with Crippen LogP contribution in [0.1, 0.15) is 92.7 Å². The maximum absolute atomic E-state index is 13.7. The number of piperidine rings is 2. The zero-order chi connectivity index (χ0) is 77.3. The molecule has 1 saturated carbocycles. The maximum atomic E-state index is 13.7. The summed E-state index contributed by atoms with van der Waals surface area (Å²) in [6.07, 6.45) is 21.5. The maximum Gasteiger partial charge on any atom is 0.254 e. The lowest BCUT2D eigenvalue weighted by Gasteiger charge is -2.42. The first-order valence-electron chi connectivity index (χ1n) is 39.3. The van der Waals surface area contributed by atoms with E-state index in [0.717, 1.165) is 159 Å². The van der Waals surface area contributed by atoms with Crippen molar-refractivity contribution in [3.8, 4) is 33.8 Å². The molecule has 6 fully saturated rings. The van der Waals surface area contributed by atoms with Crippen LogP contribution in [-0.2, 0) is 24.4 Å². The molecule has 21 rings (SSSR count). The minimum Gasteiger partial charge on any atom is -0.387 e. The Bertz CT molecular complexity index is 5700. The second kappa shape index (κ2) is 30.1. The molecule has 1 aliphatic carbocycles. The molecule has 9 aliphatic rings. The van der Waals surface area contributed by atoms with Crippen molar-refractivity contribution in [3.63, 3.8) is 0 Å². The van der Waals surface area contributed by atoms with Crippen LogP contribution in [0.5, 0.6) is 0 Å². The fourth-order valence-electron chi connectivity index (χ4n) is 18.0. The number of benzene rings is 3. The molecule has 582 valence electrons. The first-order chi connectivity index (χ1) is 55.7. The molecular formula is C85H86F3N21O5. The summed E-state index contributed by atoms with van der Waals surface area (Å²) in [6.45, 7) is 12.3. The second-order valence-electron chi connectivity index (χ2n) is 31.0. The van der Waals surface area contributed by atoms with Crippen molar-refractivity contribution >= 4 is 86.4 Å². The summed E-state index contributed by atoms with van der Waals surface area (Å²) in [7, 11) is 2.11. The molecule has 26 nitrogen and oxygen atoms in total. The number of nitrogens with zero attached hydrogens (tertiary/aromatic N) is 14. The number of likely N-dealkylation sites (N-methyl/N-ethyl adjacent to an activating group) is 1. The van der Waals surface area contributed by atoms with Gasteiger partial charge in [0.2, 0.25) is 0 Å². The van der Waals surface area contributed by atoms with Gasteiger partial charge in [-0.25, -0.2) is 43.1 Å². The topological polar surface area (TPSA) is 272 Å². The van der Waals surface area contributed by atoms with Crippen LogP contribution in [0, 0.1) is 23.4 Å². The van der Waals surface area contributed by atoms with E-state index in [1.54, 1.807) is 37.2 Å². The molecule has 3 unspecified atom stereocenters. The molecule has 0 radical (unpaired) electrons. The molecule has 9 aromatic heterocycles. The third-order valence-corrected chi connectivity index (χ3v) is 23.9. The van der Waals surface area contributed by atoms with Crippen molar-refractivity contribution in [2.75, 3.05) is 116 Å². The van der Waals surface area contributed by atoms with Crippen LogP contribution in [-0.4, -0.2) is 185 Å². The number of anilines is 9. The molecule has 0 bridgehead atoms. The number of aliphatic hydroxyl groups is 1. The smallest absolute Gasteiger partial charge is 0.254 e. The Hall–Kier alpha value is -12.0. The molecule has 3 amide bonds. The predicted molar refractivity (Wildman–Crippen MR) is 430 cm³/mol. The van der Waals surface area contributed by atoms with Gasteiger partial charge >= 0.3 is 0 Å². The summed E-state index contributed by atoms with van der Waals surface area (Å²) in [5.41, 5.74) is 14.5. The third-order valence-electron chi connectivity index (χ3n) is 23.9. The Morgan fingerprint density at radius 1 is 0.535 bits per heavy atom. The van der Waals surface area contributed by atoms with Crippen molar-refractivity contribution < 1.29 is 37.4 Å². The Morgan fingerprint density at radius 2 is 1.04 bits per heavy atom. The number of carbonyl (C=O) groups excluding carboxylic acids is 3. The van der Waals surface area contributed by atoms with Crippen molar-refractivity contribution in [2.45, 2.75) is 88.3 Å². The zero-order valence-corrected chi connectivity index (χ0v) is 62.9. The Kier molecular flexibility index (Phi) is 19.1. The number of halogens is 3. The van der Waals surface area contributed by atoms with Gasteiger partial charge in [-0.05, 0) is 147 Å². The average molecular weight is 1540 g/mol. The highest BCUT2D eigenvalue weighted by Crippen LogP contribution is 2.42. The van der Waals surface area contributed by atoms with E-state index in [0.29, 0.717) is 125 Å². The zero-order valence-electron chi connectivity index (χ0n) is 62.9. The summed E-state index contributed by atoms with van der Waals surface area (Å²) in [6, 6.07) is 35.7. The van der Waals surface area contributed by atoms with Gasteiger partial charge in [0.05, 0.1) is 112 Å². The predicted octanol–water partition coefficient (Wildman–Crippen LogP) is 11.1. The number of pyridine rings is 6. The van der Waals surface area contributed by atoms with Crippen LogP contribution in [0.3, 0.4) is 0 Å². The van der Waals surface area contributed by atoms with Crippen molar-refractivity contribution in [1.82, 2.24) is 74.2 Å². The quantitative estimate of drug-likeness (QED) is 0.0447. The van der Waals surface area contributed by atoms with Crippen LogP contribution in [0.4, 0.5) is 64.9 Å². The fourth-order valence-corrected chi connectivity index (χ4v) is 18.0. The molecule has 5 saturated heterocycles. The number of morpholine rings is 1. The number of hydrogen-bond donors (Lipinski definition) is 8. The van der Waals surface area contributed by atoms with Crippen LogP contribution >= 0.6 is 0 Å². The van der Waals surface area contributed by atoms with Crippen LogP contribution in [0.2, 0.25) is 0 Å². The molecule has 8 N–H and O–H groups in total. The van der Waals surface area contributed by atoms with E-state index in [9.17, 15) is 32.7 Å². The van der Waals surface area contributed by atoms with Gasteiger partial charge in [0.15, 0.2) is 0 Å². The summed E-state index contributed by atoms with van der Waals surface area (Å²) in [4.78, 5) is 77.7. The molecule has 17 heterocycles. The van der Waals surface area contributed by atoms with Gasteiger partial charge in [-0.2, -0.15) is 0 Å². The number of hydrogen-bond acceptors (Lipinski definition) is 20. The normalized spacial score (nSPS) is 19.9. The van der Waals surface area contributed by atoms with E-state index >= 15 is 0 Å². The van der Waals surface area contributed by atoms with Crippen molar-refractivity contribution in [1.29, 1.82) is 0 Å². The summed E-state index contributed by atoms with van der Waals surface area (Å²) >= 11 is 0. The number of amides is 3. The minimum absolute atomic E-state index is 0.125. The third kappa shape index (κ3) is 14.2.